The van der Waals surface area contributed by atoms with E-state index < -0.39 is 11.7 Å². The van der Waals surface area contributed by atoms with Gasteiger partial charge in [-0.15, -0.1) is 0 Å². The molecule has 1 unspecified atom stereocenters. The number of amides is 1. The van der Waals surface area contributed by atoms with Crippen LogP contribution in [0.3, 0.4) is 0 Å². The lowest BCUT2D eigenvalue weighted by Gasteiger charge is -2.21. The number of pyridine rings is 1. The normalized spacial score (nSPS) is 12.8. The van der Waals surface area contributed by atoms with Crippen LogP contribution in [0.5, 0.6) is 0 Å². The van der Waals surface area contributed by atoms with Crippen molar-refractivity contribution in [1.29, 1.82) is 0 Å². The highest BCUT2D eigenvalue weighted by Crippen LogP contribution is 2.08. The van der Waals surface area contributed by atoms with Crippen LogP contribution >= 0.6 is 0 Å². The molecule has 0 aliphatic carbocycles. The fourth-order valence-electron chi connectivity index (χ4n) is 1.63. The predicted octanol–water partition coefficient (Wildman–Crippen LogP) is 1.72. The molecule has 0 bridgehead atoms. The van der Waals surface area contributed by atoms with Gasteiger partial charge in [-0.05, 0) is 51.3 Å². The molecule has 0 saturated carbocycles. The first-order chi connectivity index (χ1) is 8.90. The van der Waals surface area contributed by atoms with E-state index >= 15 is 0 Å². The molecule has 0 fully saturated rings. The molecule has 106 valence electrons. The van der Waals surface area contributed by atoms with Gasteiger partial charge in [-0.3, -0.25) is 4.98 Å². The molecule has 1 heterocycles. The Morgan fingerprint density at radius 2 is 2.26 bits per heavy atom. The van der Waals surface area contributed by atoms with Crippen molar-refractivity contribution in [2.75, 3.05) is 13.1 Å². The Morgan fingerprint density at radius 1 is 1.53 bits per heavy atom. The summed E-state index contributed by atoms with van der Waals surface area (Å²) in [5, 5.41) is 2.75. The van der Waals surface area contributed by atoms with Crippen molar-refractivity contribution in [3.05, 3.63) is 30.1 Å². The van der Waals surface area contributed by atoms with E-state index in [-0.39, 0.29) is 5.92 Å². The second-order valence-electron chi connectivity index (χ2n) is 5.55. The summed E-state index contributed by atoms with van der Waals surface area (Å²) in [6.07, 6.45) is 3.94. The highest BCUT2D eigenvalue weighted by molar-refractivity contribution is 5.67. The summed E-state index contributed by atoms with van der Waals surface area (Å²) in [6, 6.07) is 3.90. The number of nitrogens with two attached hydrogens (primary N) is 1. The lowest BCUT2D eigenvalue weighted by Crippen LogP contribution is -2.37. The van der Waals surface area contributed by atoms with Gasteiger partial charge in [0.25, 0.3) is 0 Å². The zero-order valence-electron chi connectivity index (χ0n) is 11.8. The van der Waals surface area contributed by atoms with Gasteiger partial charge in [-0.2, -0.15) is 0 Å². The molecule has 19 heavy (non-hydrogen) atoms. The van der Waals surface area contributed by atoms with Crippen molar-refractivity contribution >= 4 is 6.09 Å². The summed E-state index contributed by atoms with van der Waals surface area (Å²) < 4.78 is 5.18. The SMILES string of the molecule is CC(C)(C)OC(=O)NCC(CN)Cc1cccnc1. The number of carbonyl (C=O) groups is 1. The first-order valence-corrected chi connectivity index (χ1v) is 6.46. The summed E-state index contributed by atoms with van der Waals surface area (Å²) in [4.78, 5) is 15.6. The maximum Gasteiger partial charge on any atom is 0.407 e. The fraction of sp³-hybridized carbons (Fsp3) is 0.571. The highest BCUT2D eigenvalue weighted by Gasteiger charge is 2.17. The van der Waals surface area contributed by atoms with Crippen molar-refractivity contribution in [2.45, 2.75) is 32.8 Å². The molecular formula is C14H23N3O2. The van der Waals surface area contributed by atoms with Gasteiger partial charge in [-0.25, -0.2) is 4.79 Å². The van der Waals surface area contributed by atoms with E-state index in [1.165, 1.54) is 0 Å². The zero-order valence-corrected chi connectivity index (χ0v) is 11.8. The molecule has 1 atom stereocenters. The Bertz CT molecular complexity index is 387. The summed E-state index contributed by atoms with van der Waals surface area (Å²) in [5.41, 5.74) is 6.36. The third-order valence-electron chi connectivity index (χ3n) is 2.51. The second-order valence-corrected chi connectivity index (χ2v) is 5.55. The van der Waals surface area contributed by atoms with Crippen LogP contribution in [0.2, 0.25) is 0 Å². The third kappa shape index (κ3) is 6.76. The van der Waals surface area contributed by atoms with Gasteiger partial charge in [0.1, 0.15) is 5.60 Å². The molecule has 0 aromatic carbocycles. The Labute approximate surface area is 114 Å². The molecule has 5 heteroatoms. The summed E-state index contributed by atoms with van der Waals surface area (Å²) >= 11 is 0. The molecule has 1 aromatic heterocycles. The zero-order chi connectivity index (χ0) is 14.3. The third-order valence-corrected chi connectivity index (χ3v) is 2.51. The van der Waals surface area contributed by atoms with Crippen molar-refractivity contribution in [3.63, 3.8) is 0 Å². The van der Waals surface area contributed by atoms with Crippen LogP contribution in [0.15, 0.2) is 24.5 Å². The van der Waals surface area contributed by atoms with E-state index in [4.69, 9.17) is 10.5 Å². The van der Waals surface area contributed by atoms with Crippen LogP contribution in [0.4, 0.5) is 4.79 Å². The lowest BCUT2D eigenvalue weighted by atomic mass is 10.0. The smallest absolute Gasteiger partial charge is 0.407 e. The molecule has 0 aliphatic rings. The summed E-state index contributed by atoms with van der Waals surface area (Å²) in [6.45, 7) is 6.51. The number of hydrogen-bond donors (Lipinski definition) is 2. The van der Waals surface area contributed by atoms with Crippen molar-refractivity contribution in [3.8, 4) is 0 Å². The Kier molecular flexibility index (Phi) is 5.76. The first-order valence-electron chi connectivity index (χ1n) is 6.46. The summed E-state index contributed by atoms with van der Waals surface area (Å²) in [7, 11) is 0. The van der Waals surface area contributed by atoms with Crippen LogP contribution in [0.1, 0.15) is 26.3 Å². The van der Waals surface area contributed by atoms with Gasteiger partial charge >= 0.3 is 6.09 Å². The number of aromatic nitrogens is 1. The molecule has 1 rings (SSSR count). The molecule has 0 spiro atoms. The second kappa shape index (κ2) is 7.09. The molecule has 5 nitrogen and oxygen atoms in total. The van der Waals surface area contributed by atoms with Crippen LogP contribution in [-0.4, -0.2) is 29.8 Å². The van der Waals surface area contributed by atoms with Gasteiger partial charge in [0.15, 0.2) is 0 Å². The fourth-order valence-corrected chi connectivity index (χ4v) is 1.63. The van der Waals surface area contributed by atoms with Crippen LogP contribution in [0, 0.1) is 5.92 Å². The molecular weight excluding hydrogens is 242 g/mol. The van der Waals surface area contributed by atoms with E-state index in [2.05, 4.69) is 10.3 Å². The topological polar surface area (TPSA) is 77.2 Å². The number of nitrogens with zero attached hydrogens (tertiary/aromatic N) is 1. The van der Waals surface area contributed by atoms with E-state index in [0.29, 0.717) is 13.1 Å². The average molecular weight is 265 g/mol. The Morgan fingerprint density at radius 3 is 2.79 bits per heavy atom. The largest absolute Gasteiger partial charge is 0.444 e. The lowest BCUT2D eigenvalue weighted by molar-refractivity contribution is 0.0520. The Balaban J connectivity index is 2.39. The molecule has 3 N–H and O–H groups in total. The molecule has 1 aromatic rings. The number of rotatable bonds is 5. The number of alkyl carbamates (subject to hydrolysis) is 1. The monoisotopic (exact) mass is 265 g/mol. The van der Waals surface area contributed by atoms with E-state index in [0.717, 1.165) is 12.0 Å². The predicted molar refractivity (Wildman–Crippen MR) is 74.7 cm³/mol. The maximum absolute atomic E-state index is 11.5. The minimum Gasteiger partial charge on any atom is -0.444 e. The molecule has 1 amide bonds. The number of carbonyl (C=O) groups excluding carboxylic acids is 1. The highest BCUT2D eigenvalue weighted by atomic mass is 16.6. The Hall–Kier alpha value is -1.62. The summed E-state index contributed by atoms with van der Waals surface area (Å²) in [5.74, 6) is 0.178. The van der Waals surface area contributed by atoms with Crippen LogP contribution in [-0.2, 0) is 11.2 Å². The standard InChI is InChI=1S/C14H23N3O2/c1-14(2,3)19-13(18)17-10-12(8-15)7-11-5-4-6-16-9-11/h4-6,9,12H,7-8,10,15H2,1-3H3,(H,17,18). The average Bonchev–Trinajstić information content (AvgIpc) is 2.33. The van der Waals surface area contributed by atoms with E-state index in [1.807, 2.05) is 39.1 Å². The minimum atomic E-state index is -0.481. The van der Waals surface area contributed by atoms with Crippen LogP contribution < -0.4 is 11.1 Å². The van der Waals surface area contributed by atoms with Gasteiger partial charge in [0, 0.05) is 18.9 Å². The minimum absolute atomic E-state index is 0.178. The van der Waals surface area contributed by atoms with Gasteiger partial charge in [0.2, 0.25) is 0 Å². The maximum atomic E-state index is 11.5. The molecule has 0 aliphatic heterocycles. The van der Waals surface area contributed by atoms with Crippen LogP contribution in [0.25, 0.3) is 0 Å². The van der Waals surface area contributed by atoms with Crippen molar-refractivity contribution in [2.24, 2.45) is 11.7 Å². The van der Waals surface area contributed by atoms with Gasteiger partial charge in [0.05, 0.1) is 0 Å². The number of nitrogens with one attached hydrogen (secondary N) is 1. The quantitative estimate of drug-likeness (QED) is 0.850. The molecule has 0 radical (unpaired) electrons. The van der Waals surface area contributed by atoms with Gasteiger partial charge in [-0.1, -0.05) is 6.07 Å². The van der Waals surface area contributed by atoms with Crippen molar-refractivity contribution < 1.29 is 9.53 Å². The van der Waals surface area contributed by atoms with Crippen molar-refractivity contribution in [1.82, 2.24) is 10.3 Å². The van der Waals surface area contributed by atoms with E-state index in [1.54, 1.807) is 6.20 Å². The molecule has 0 saturated heterocycles. The number of ether oxygens (including phenoxy) is 1. The van der Waals surface area contributed by atoms with Gasteiger partial charge < -0.3 is 15.8 Å². The first kappa shape index (κ1) is 15.4. The number of hydrogen-bond acceptors (Lipinski definition) is 4. The van der Waals surface area contributed by atoms with E-state index in [9.17, 15) is 4.79 Å².